The lowest BCUT2D eigenvalue weighted by Gasteiger charge is -2.10. The van der Waals surface area contributed by atoms with E-state index in [0.29, 0.717) is 22.7 Å². The highest BCUT2D eigenvalue weighted by atomic mass is 32.1. The molecule has 4 aromatic carbocycles. The number of rotatable bonds is 8. The molecule has 0 aliphatic carbocycles. The average molecular weight is 534 g/mol. The van der Waals surface area contributed by atoms with Crippen LogP contribution in [-0.4, -0.2) is 23.9 Å². The van der Waals surface area contributed by atoms with Gasteiger partial charge >= 0.3 is 0 Å². The van der Waals surface area contributed by atoms with Crippen molar-refractivity contribution in [1.29, 1.82) is 0 Å². The second-order valence-electron chi connectivity index (χ2n) is 8.98. The Labute approximate surface area is 231 Å². The summed E-state index contributed by atoms with van der Waals surface area (Å²) in [4.78, 5) is 31.6. The minimum absolute atomic E-state index is 0.128. The summed E-state index contributed by atoms with van der Waals surface area (Å²) in [5, 5.41) is 6.66. The van der Waals surface area contributed by atoms with E-state index in [9.17, 15) is 9.59 Å². The highest BCUT2D eigenvalue weighted by Gasteiger charge is 2.18. The van der Waals surface area contributed by atoms with Gasteiger partial charge in [0.2, 0.25) is 5.91 Å². The largest absolute Gasteiger partial charge is 0.495 e. The fourth-order valence-electron chi connectivity index (χ4n) is 4.11. The van der Waals surface area contributed by atoms with E-state index < -0.39 is 0 Å². The van der Waals surface area contributed by atoms with Crippen LogP contribution in [0.3, 0.4) is 0 Å². The number of anilines is 2. The molecule has 0 fully saturated rings. The molecule has 0 saturated carbocycles. The van der Waals surface area contributed by atoms with Crippen LogP contribution in [0.2, 0.25) is 0 Å². The van der Waals surface area contributed by atoms with Crippen LogP contribution in [0.1, 0.15) is 21.6 Å². The van der Waals surface area contributed by atoms with Gasteiger partial charge in [-0.2, -0.15) is 0 Å². The van der Waals surface area contributed by atoms with Gasteiger partial charge in [-0.15, -0.1) is 11.3 Å². The Hall–Kier alpha value is -4.75. The molecular weight excluding hydrogens is 506 g/mol. The molecule has 0 atom stereocenters. The minimum atomic E-state index is -0.268. The maximum atomic E-state index is 13.1. The third-order valence-corrected chi connectivity index (χ3v) is 7.34. The fourth-order valence-corrected chi connectivity index (χ4v) is 5.20. The first-order valence-corrected chi connectivity index (χ1v) is 13.3. The molecule has 0 bridgehead atoms. The Kier molecular flexibility index (Phi) is 7.80. The quantitative estimate of drug-likeness (QED) is 0.221. The summed E-state index contributed by atoms with van der Waals surface area (Å²) >= 11 is 1.58. The van der Waals surface area contributed by atoms with Crippen molar-refractivity contribution in [2.75, 3.05) is 17.7 Å². The third-order valence-electron chi connectivity index (χ3n) is 6.15. The minimum Gasteiger partial charge on any atom is -0.495 e. The van der Waals surface area contributed by atoms with Crippen LogP contribution in [0.5, 0.6) is 5.75 Å². The molecule has 0 radical (unpaired) electrons. The highest BCUT2D eigenvalue weighted by molar-refractivity contribution is 7.18. The van der Waals surface area contributed by atoms with Crippen LogP contribution in [-0.2, 0) is 11.2 Å². The van der Waals surface area contributed by atoms with Crippen LogP contribution in [0, 0.1) is 6.92 Å². The van der Waals surface area contributed by atoms with Crippen molar-refractivity contribution in [1.82, 2.24) is 4.98 Å². The zero-order valence-corrected chi connectivity index (χ0v) is 22.4. The summed E-state index contributed by atoms with van der Waals surface area (Å²) in [6, 6.07) is 32.2. The standard InChI is InChI=1S/C32H27N3O3S/c1-21-12-14-22(15-13-21)30-27(35-32(39-30)24-8-4-3-5-9-24)20-29(36)33-25-18-16-23(17-19-25)31(37)34-26-10-6-7-11-28(26)38-2/h3-19H,20H2,1-2H3,(H,33,36)(H,34,37). The summed E-state index contributed by atoms with van der Waals surface area (Å²) < 4.78 is 5.30. The van der Waals surface area contributed by atoms with E-state index in [2.05, 4.69) is 34.9 Å². The van der Waals surface area contributed by atoms with E-state index in [1.165, 1.54) is 5.56 Å². The van der Waals surface area contributed by atoms with Crippen LogP contribution < -0.4 is 15.4 Å². The molecule has 39 heavy (non-hydrogen) atoms. The van der Waals surface area contributed by atoms with Crippen molar-refractivity contribution in [3.05, 3.63) is 120 Å². The molecule has 0 unspecified atom stereocenters. The van der Waals surface area contributed by atoms with Gasteiger partial charge in [0.05, 0.1) is 29.8 Å². The molecule has 5 rings (SSSR count). The number of hydrogen-bond acceptors (Lipinski definition) is 5. The monoisotopic (exact) mass is 533 g/mol. The number of benzene rings is 4. The van der Waals surface area contributed by atoms with Crippen molar-refractivity contribution in [3.63, 3.8) is 0 Å². The SMILES string of the molecule is COc1ccccc1NC(=O)c1ccc(NC(=O)Cc2nc(-c3ccccc3)sc2-c2ccc(C)cc2)cc1. The van der Waals surface area contributed by atoms with Gasteiger partial charge in [0.1, 0.15) is 10.8 Å². The van der Waals surface area contributed by atoms with Gasteiger partial charge in [0.15, 0.2) is 0 Å². The number of nitrogens with zero attached hydrogens (tertiary/aromatic N) is 1. The molecule has 7 heteroatoms. The third kappa shape index (κ3) is 6.22. The van der Waals surface area contributed by atoms with Gasteiger partial charge in [-0.25, -0.2) is 4.98 Å². The van der Waals surface area contributed by atoms with Gasteiger partial charge in [-0.3, -0.25) is 9.59 Å². The molecule has 0 aliphatic heterocycles. The van der Waals surface area contributed by atoms with Crippen molar-refractivity contribution >= 4 is 34.5 Å². The molecule has 2 N–H and O–H groups in total. The molecule has 6 nitrogen and oxygen atoms in total. The normalized spacial score (nSPS) is 10.6. The summed E-state index contributed by atoms with van der Waals surface area (Å²) in [5.41, 5.74) is 5.61. The topological polar surface area (TPSA) is 80.3 Å². The van der Waals surface area contributed by atoms with E-state index in [4.69, 9.17) is 9.72 Å². The fraction of sp³-hybridized carbons (Fsp3) is 0.0938. The number of thiazole rings is 1. The summed E-state index contributed by atoms with van der Waals surface area (Å²) in [7, 11) is 1.56. The van der Waals surface area contributed by atoms with Gasteiger partial charge in [0, 0.05) is 16.8 Å². The van der Waals surface area contributed by atoms with E-state index >= 15 is 0 Å². The summed E-state index contributed by atoms with van der Waals surface area (Å²) in [6.45, 7) is 2.05. The number of carbonyl (C=O) groups excluding carboxylic acids is 2. The van der Waals surface area contributed by atoms with E-state index in [1.54, 1.807) is 54.8 Å². The Morgan fingerprint density at radius 2 is 1.49 bits per heavy atom. The zero-order chi connectivity index (χ0) is 27.2. The first kappa shape index (κ1) is 25.9. The summed E-state index contributed by atoms with van der Waals surface area (Å²) in [5.74, 6) is 0.132. The number of para-hydroxylation sites is 2. The Morgan fingerprint density at radius 1 is 0.795 bits per heavy atom. The maximum Gasteiger partial charge on any atom is 0.255 e. The van der Waals surface area contributed by atoms with E-state index in [0.717, 1.165) is 26.7 Å². The van der Waals surface area contributed by atoms with E-state index in [-0.39, 0.29) is 18.2 Å². The van der Waals surface area contributed by atoms with Crippen molar-refractivity contribution in [2.45, 2.75) is 13.3 Å². The molecule has 0 spiro atoms. The lowest BCUT2D eigenvalue weighted by atomic mass is 10.1. The molecular formula is C32H27N3O3S. The molecule has 194 valence electrons. The second-order valence-corrected chi connectivity index (χ2v) is 9.98. The molecule has 0 saturated heterocycles. The van der Waals surface area contributed by atoms with Gasteiger partial charge < -0.3 is 15.4 Å². The lowest BCUT2D eigenvalue weighted by Crippen LogP contribution is -2.16. The Morgan fingerprint density at radius 3 is 2.21 bits per heavy atom. The number of methoxy groups -OCH3 is 1. The first-order valence-electron chi connectivity index (χ1n) is 12.5. The predicted octanol–water partition coefficient (Wildman–Crippen LogP) is 7.23. The number of aromatic nitrogens is 1. The second kappa shape index (κ2) is 11.8. The summed E-state index contributed by atoms with van der Waals surface area (Å²) in [6.07, 6.45) is 0.128. The molecule has 0 aliphatic rings. The number of carbonyl (C=O) groups is 2. The van der Waals surface area contributed by atoms with Crippen LogP contribution in [0.25, 0.3) is 21.0 Å². The molecule has 1 aromatic heterocycles. The van der Waals surface area contributed by atoms with Crippen molar-refractivity contribution in [3.8, 4) is 26.8 Å². The molecule has 5 aromatic rings. The van der Waals surface area contributed by atoms with Crippen LogP contribution in [0.4, 0.5) is 11.4 Å². The number of nitrogens with one attached hydrogen (secondary N) is 2. The molecule has 1 heterocycles. The zero-order valence-electron chi connectivity index (χ0n) is 21.6. The Bertz CT molecular complexity index is 1590. The highest BCUT2D eigenvalue weighted by Crippen LogP contribution is 2.36. The smallest absolute Gasteiger partial charge is 0.255 e. The van der Waals surface area contributed by atoms with Crippen LogP contribution >= 0.6 is 11.3 Å². The van der Waals surface area contributed by atoms with Crippen LogP contribution in [0.15, 0.2) is 103 Å². The molecule has 2 amide bonds. The van der Waals surface area contributed by atoms with E-state index in [1.807, 2.05) is 49.4 Å². The first-order chi connectivity index (χ1) is 19.0. The van der Waals surface area contributed by atoms with Gasteiger partial charge in [0.25, 0.3) is 5.91 Å². The number of amides is 2. The average Bonchev–Trinajstić information content (AvgIpc) is 3.38. The lowest BCUT2D eigenvalue weighted by molar-refractivity contribution is -0.115. The number of aryl methyl sites for hydroxylation is 1. The Balaban J connectivity index is 1.30. The number of hydrogen-bond donors (Lipinski definition) is 2. The van der Waals surface area contributed by atoms with Crippen molar-refractivity contribution < 1.29 is 14.3 Å². The van der Waals surface area contributed by atoms with Crippen molar-refractivity contribution in [2.24, 2.45) is 0 Å². The number of ether oxygens (including phenoxy) is 1. The van der Waals surface area contributed by atoms with Gasteiger partial charge in [-0.1, -0.05) is 72.3 Å². The maximum absolute atomic E-state index is 13.1. The predicted molar refractivity (Wildman–Crippen MR) is 157 cm³/mol. The van der Waals surface area contributed by atoms with Gasteiger partial charge in [-0.05, 0) is 48.9 Å².